The molecule has 0 unspecified atom stereocenters. The van der Waals surface area contributed by atoms with Gasteiger partial charge in [-0.2, -0.15) is 0 Å². The first kappa shape index (κ1) is 18.7. The Morgan fingerprint density at radius 2 is 2.05 bits per heavy atom. The van der Waals surface area contributed by atoms with Gasteiger partial charge < -0.3 is 15.2 Å². The van der Waals surface area contributed by atoms with Gasteiger partial charge in [-0.3, -0.25) is 4.99 Å². The van der Waals surface area contributed by atoms with E-state index in [4.69, 9.17) is 23.2 Å². The van der Waals surface area contributed by atoms with E-state index in [1.54, 1.807) is 17.7 Å². The molecule has 0 spiro atoms. The molecule has 0 atom stereocenters. The maximum Gasteiger partial charge on any atom is 0.255 e. The zero-order valence-electron chi connectivity index (χ0n) is 10.4. The highest BCUT2D eigenvalue weighted by Gasteiger charge is 2.09. The Labute approximate surface area is 137 Å². The van der Waals surface area contributed by atoms with Crippen LogP contribution in [0.3, 0.4) is 0 Å². The van der Waals surface area contributed by atoms with E-state index in [1.807, 2.05) is 0 Å². The fraction of sp³-hybridized carbons (Fsp3) is 0.500. The van der Waals surface area contributed by atoms with Crippen molar-refractivity contribution in [2.24, 2.45) is 12.0 Å². The van der Waals surface area contributed by atoms with Crippen molar-refractivity contribution in [3.05, 3.63) is 21.9 Å². The smallest absolute Gasteiger partial charge is 0.255 e. The van der Waals surface area contributed by atoms with Gasteiger partial charge in [0.25, 0.3) is 6.43 Å². The number of halogens is 5. The van der Waals surface area contributed by atoms with Crippen molar-refractivity contribution < 1.29 is 8.78 Å². The van der Waals surface area contributed by atoms with Gasteiger partial charge in [0.2, 0.25) is 0 Å². The van der Waals surface area contributed by atoms with E-state index in [2.05, 4.69) is 15.6 Å². The molecular weight excluding hydrogens is 412 g/mol. The minimum Gasteiger partial charge on any atom is -0.351 e. The number of hydrogen-bond acceptors (Lipinski definition) is 1. The molecule has 19 heavy (non-hydrogen) atoms. The summed E-state index contributed by atoms with van der Waals surface area (Å²) in [5.74, 6) is 0.295. The molecule has 1 aromatic heterocycles. The summed E-state index contributed by atoms with van der Waals surface area (Å²) >= 11 is 11.8. The van der Waals surface area contributed by atoms with E-state index in [9.17, 15) is 8.78 Å². The zero-order valence-corrected chi connectivity index (χ0v) is 14.2. The van der Waals surface area contributed by atoms with Crippen molar-refractivity contribution in [2.45, 2.75) is 13.0 Å². The van der Waals surface area contributed by atoms with Crippen LogP contribution in [0.1, 0.15) is 5.69 Å². The summed E-state index contributed by atoms with van der Waals surface area (Å²) in [6, 6.07) is 1.71. The molecule has 0 fully saturated rings. The van der Waals surface area contributed by atoms with Crippen molar-refractivity contribution in [3.8, 4) is 0 Å². The summed E-state index contributed by atoms with van der Waals surface area (Å²) in [6.45, 7) is -0.0693. The Balaban J connectivity index is 0.00000324. The molecule has 0 saturated heterocycles. The molecule has 0 aliphatic heterocycles. The van der Waals surface area contributed by atoms with Gasteiger partial charge >= 0.3 is 0 Å². The van der Waals surface area contributed by atoms with Gasteiger partial charge in [0.05, 0.1) is 18.1 Å². The van der Waals surface area contributed by atoms with Gasteiger partial charge in [-0.25, -0.2) is 8.78 Å². The summed E-state index contributed by atoms with van der Waals surface area (Å²) < 4.78 is 25.8. The Kier molecular flexibility index (Phi) is 8.67. The minimum atomic E-state index is -2.43. The van der Waals surface area contributed by atoms with Crippen molar-refractivity contribution >= 4 is 53.1 Å². The molecule has 0 aromatic carbocycles. The maximum atomic E-state index is 12.0. The topological polar surface area (TPSA) is 41.4 Å². The molecule has 1 aromatic rings. The van der Waals surface area contributed by atoms with E-state index in [0.717, 1.165) is 5.69 Å². The molecule has 1 rings (SSSR count). The molecule has 9 heteroatoms. The van der Waals surface area contributed by atoms with Crippen LogP contribution in [0.5, 0.6) is 0 Å². The lowest BCUT2D eigenvalue weighted by molar-refractivity contribution is 0.152. The Bertz CT molecular complexity index is 437. The van der Waals surface area contributed by atoms with E-state index in [0.29, 0.717) is 22.7 Å². The highest BCUT2D eigenvalue weighted by Crippen LogP contribution is 2.24. The van der Waals surface area contributed by atoms with Gasteiger partial charge in [-0.15, -0.1) is 24.0 Å². The maximum absolute atomic E-state index is 12.0. The number of aliphatic imine (C=N–C) groups is 1. The molecule has 0 amide bonds. The van der Waals surface area contributed by atoms with Crippen LogP contribution < -0.4 is 10.6 Å². The SMILES string of the molecule is CN=C(NCc1cc(Cl)c(Cl)n1C)NCC(F)F.I. The summed E-state index contributed by atoms with van der Waals surface area (Å²) in [4.78, 5) is 3.82. The molecule has 1 heterocycles. The quantitative estimate of drug-likeness (QED) is 0.441. The second-order valence-electron chi connectivity index (χ2n) is 3.53. The number of nitrogens with one attached hydrogen (secondary N) is 2. The lowest BCUT2D eigenvalue weighted by Gasteiger charge is -2.12. The average Bonchev–Trinajstić information content (AvgIpc) is 2.57. The van der Waals surface area contributed by atoms with Crippen molar-refractivity contribution in [1.29, 1.82) is 0 Å². The Morgan fingerprint density at radius 1 is 1.42 bits per heavy atom. The molecule has 4 nitrogen and oxygen atoms in total. The molecule has 0 bridgehead atoms. The van der Waals surface area contributed by atoms with Crippen LogP contribution in [0.15, 0.2) is 11.1 Å². The third kappa shape index (κ3) is 5.70. The Morgan fingerprint density at radius 3 is 2.47 bits per heavy atom. The van der Waals surface area contributed by atoms with Gasteiger partial charge in [0.1, 0.15) is 5.15 Å². The minimum absolute atomic E-state index is 0. The second-order valence-corrected chi connectivity index (χ2v) is 4.30. The van der Waals surface area contributed by atoms with Crippen molar-refractivity contribution in [2.75, 3.05) is 13.6 Å². The predicted octanol–water partition coefficient (Wildman–Crippen LogP) is 2.88. The standard InChI is InChI=1S/C10H14Cl2F2N4.HI/c1-15-10(17-5-8(13)14)16-4-6-3-7(11)9(12)18(6)2;/h3,8H,4-5H2,1-2H3,(H2,15,16,17);1H. The molecule has 0 saturated carbocycles. The average molecular weight is 427 g/mol. The monoisotopic (exact) mass is 426 g/mol. The molecule has 0 aliphatic rings. The summed E-state index contributed by atoms with van der Waals surface area (Å²) in [7, 11) is 3.27. The number of rotatable bonds is 4. The predicted molar refractivity (Wildman–Crippen MR) is 85.1 cm³/mol. The molecular formula is C10H15Cl2F2IN4. The van der Waals surface area contributed by atoms with E-state index < -0.39 is 13.0 Å². The van der Waals surface area contributed by atoms with Gasteiger partial charge in [0.15, 0.2) is 5.96 Å². The van der Waals surface area contributed by atoms with Crippen LogP contribution in [-0.4, -0.2) is 30.5 Å². The number of alkyl halides is 2. The van der Waals surface area contributed by atoms with Crippen LogP contribution in [0.2, 0.25) is 10.2 Å². The van der Waals surface area contributed by atoms with Gasteiger partial charge in [-0.1, -0.05) is 23.2 Å². The van der Waals surface area contributed by atoms with Gasteiger partial charge in [-0.05, 0) is 6.07 Å². The summed E-state index contributed by atoms with van der Waals surface area (Å²) in [5.41, 5.74) is 0.824. The second kappa shape index (κ2) is 8.80. The third-order valence-electron chi connectivity index (χ3n) is 2.30. The largest absolute Gasteiger partial charge is 0.351 e. The fourth-order valence-electron chi connectivity index (χ4n) is 1.33. The van der Waals surface area contributed by atoms with Crippen LogP contribution in [-0.2, 0) is 13.6 Å². The summed E-state index contributed by atoms with van der Waals surface area (Å²) in [6.07, 6.45) is -2.43. The number of nitrogens with zero attached hydrogens (tertiary/aromatic N) is 2. The Hall–Kier alpha value is -0.280. The lowest BCUT2D eigenvalue weighted by atomic mass is 10.4. The summed E-state index contributed by atoms with van der Waals surface area (Å²) in [5, 5.41) is 6.27. The normalized spacial score (nSPS) is 11.4. The highest BCUT2D eigenvalue weighted by molar-refractivity contribution is 14.0. The molecule has 2 N–H and O–H groups in total. The van der Waals surface area contributed by atoms with Crippen LogP contribution in [0, 0.1) is 0 Å². The molecule has 0 aliphatic carbocycles. The first-order valence-electron chi connectivity index (χ1n) is 5.18. The van der Waals surface area contributed by atoms with Gasteiger partial charge in [0, 0.05) is 19.8 Å². The van der Waals surface area contributed by atoms with E-state index in [-0.39, 0.29) is 24.0 Å². The number of hydrogen-bond donors (Lipinski definition) is 2. The molecule has 110 valence electrons. The van der Waals surface area contributed by atoms with Crippen molar-refractivity contribution in [3.63, 3.8) is 0 Å². The highest BCUT2D eigenvalue weighted by atomic mass is 127. The van der Waals surface area contributed by atoms with Crippen LogP contribution >= 0.6 is 47.2 Å². The molecule has 0 radical (unpaired) electrons. The first-order valence-corrected chi connectivity index (χ1v) is 5.93. The first-order chi connectivity index (χ1) is 8.45. The van der Waals surface area contributed by atoms with Crippen LogP contribution in [0.4, 0.5) is 8.78 Å². The third-order valence-corrected chi connectivity index (χ3v) is 3.14. The zero-order chi connectivity index (χ0) is 13.7. The van der Waals surface area contributed by atoms with Crippen LogP contribution in [0.25, 0.3) is 0 Å². The van der Waals surface area contributed by atoms with Crippen molar-refractivity contribution in [1.82, 2.24) is 15.2 Å². The van der Waals surface area contributed by atoms with E-state index >= 15 is 0 Å². The van der Waals surface area contributed by atoms with E-state index in [1.165, 1.54) is 7.05 Å². The fourth-order valence-corrected chi connectivity index (χ4v) is 1.74. The number of guanidine groups is 1. The number of aromatic nitrogens is 1. The lowest BCUT2D eigenvalue weighted by Crippen LogP contribution is -2.39.